The van der Waals surface area contributed by atoms with Crippen LogP contribution in [0.15, 0.2) is 16.8 Å². The van der Waals surface area contributed by atoms with Crippen molar-refractivity contribution in [2.24, 2.45) is 11.7 Å². The second-order valence-corrected chi connectivity index (χ2v) is 7.41. The minimum absolute atomic E-state index is 0.0256. The SMILES string of the molecule is CC(C)[C@H](N)C(=O)NCC(=O)N1CCC(NC(=O)c2ccsc2)CC1. The summed E-state index contributed by atoms with van der Waals surface area (Å²) >= 11 is 1.49. The van der Waals surface area contributed by atoms with Gasteiger partial charge in [-0.3, -0.25) is 14.4 Å². The van der Waals surface area contributed by atoms with Crippen LogP contribution in [0.2, 0.25) is 0 Å². The molecule has 0 aromatic carbocycles. The maximum Gasteiger partial charge on any atom is 0.252 e. The molecule has 0 bridgehead atoms. The van der Waals surface area contributed by atoms with Crippen molar-refractivity contribution in [2.75, 3.05) is 19.6 Å². The highest BCUT2D eigenvalue weighted by atomic mass is 32.1. The third-order valence-corrected chi connectivity index (χ3v) is 5.08. The predicted octanol–water partition coefficient (Wildman–Crippen LogP) is 0.568. The Bertz CT molecular complexity index is 595. The molecule has 138 valence electrons. The van der Waals surface area contributed by atoms with Crippen molar-refractivity contribution in [3.63, 3.8) is 0 Å². The van der Waals surface area contributed by atoms with Crippen LogP contribution in [0.5, 0.6) is 0 Å². The molecule has 0 spiro atoms. The highest BCUT2D eigenvalue weighted by molar-refractivity contribution is 7.08. The number of carbonyl (C=O) groups excluding carboxylic acids is 3. The lowest BCUT2D eigenvalue weighted by Crippen LogP contribution is -2.51. The van der Waals surface area contributed by atoms with Gasteiger partial charge in [-0.05, 0) is 30.2 Å². The molecule has 1 atom stereocenters. The van der Waals surface area contributed by atoms with E-state index in [1.165, 1.54) is 11.3 Å². The molecule has 7 nitrogen and oxygen atoms in total. The van der Waals surface area contributed by atoms with E-state index in [1.807, 2.05) is 24.6 Å². The third kappa shape index (κ3) is 5.54. The normalized spacial score (nSPS) is 16.6. The number of nitrogens with zero attached hydrogens (tertiary/aromatic N) is 1. The van der Waals surface area contributed by atoms with Crippen LogP contribution in [-0.4, -0.2) is 54.3 Å². The van der Waals surface area contributed by atoms with Crippen LogP contribution >= 0.6 is 11.3 Å². The second-order valence-electron chi connectivity index (χ2n) is 6.63. The van der Waals surface area contributed by atoms with Crippen LogP contribution in [0.1, 0.15) is 37.0 Å². The van der Waals surface area contributed by atoms with E-state index in [0.29, 0.717) is 31.5 Å². The average molecular weight is 366 g/mol. The van der Waals surface area contributed by atoms with Gasteiger partial charge in [0.05, 0.1) is 12.6 Å². The Kier molecular flexibility index (Phi) is 6.95. The summed E-state index contributed by atoms with van der Waals surface area (Å²) in [4.78, 5) is 37.8. The van der Waals surface area contributed by atoms with Gasteiger partial charge < -0.3 is 21.3 Å². The zero-order chi connectivity index (χ0) is 18.4. The Morgan fingerprint density at radius 1 is 1.32 bits per heavy atom. The fourth-order valence-corrected chi connectivity index (χ4v) is 3.27. The largest absolute Gasteiger partial charge is 0.349 e. The number of likely N-dealkylation sites (tertiary alicyclic amines) is 1. The molecular weight excluding hydrogens is 340 g/mol. The number of nitrogens with one attached hydrogen (secondary N) is 2. The lowest BCUT2D eigenvalue weighted by Gasteiger charge is -2.32. The quantitative estimate of drug-likeness (QED) is 0.684. The zero-order valence-corrected chi connectivity index (χ0v) is 15.5. The van der Waals surface area contributed by atoms with E-state index in [2.05, 4.69) is 10.6 Å². The third-order valence-electron chi connectivity index (χ3n) is 4.40. The molecule has 1 fully saturated rings. The standard InChI is InChI=1S/C17H26N4O3S/c1-11(2)15(18)17(24)19-9-14(22)21-6-3-13(4-7-21)20-16(23)12-5-8-25-10-12/h5,8,10-11,13,15H,3-4,6-7,9,18H2,1-2H3,(H,19,24)(H,20,23)/t15-/m0/s1. The van der Waals surface area contributed by atoms with E-state index >= 15 is 0 Å². The summed E-state index contributed by atoms with van der Waals surface area (Å²) in [5, 5.41) is 9.29. The fourth-order valence-electron chi connectivity index (χ4n) is 2.63. The highest BCUT2D eigenvalue weighted by Crippen LogP contribution is 2.12. The molecule has 0 saturated carbocycles. The molecule has 2 rings (SSSR count). The number of rotatable bonds is 6. The first-order chi connectivity index (χ1) is 11.9. The van der Waals surface area contributed by atoms with Crippen molar-refractivity contribution in [3.8, 4) is 0 Å². The van der Waals surface area contributed by atoms with Gasteiger partial charge in [-0.1, -0.05) is 13.8 Å². The number of hydrogen-bond donors (Lipinski definition) is 3. The number of hydrogen-bond acceptors (Lipinski definition) is 5. The van der Waals surface area contributed by atoms with Crippen LogP contribution in [0.25, 0.3) is 0 Å². The van der Waals surface area contributed by atoms with Crippen LogP contribution in [0.4, 0.5) is 0 Å². The molecule has 0 unspecified atom stereocenters. The number of amides is 3. The van der Waals surface area contributed by atoms with Crippen molar-refractivity contribution in [1.29, 1.82) is 0 Å². The topological polar surface area (TPSA) is 105 Å². The Balaban J connectivity index is 1.71. The molecule has 2 heterocycles. The highest BCUT2D eigenvalue weighted by Gasteiger charge is 2.25. The molecule has 1 saturated heterocycles. The molecular formula is C17H26N4O3S. The van der Waals surface area contributed by atoms with Crippen molar-refractivity contribution >= 4 is 29.1 Å². The van der Waals surface area contributed by atoms with Gasteiger partial charge in [-0.25, -0.2) is 0 Å². The number of nitrogens with two attached hydrogens (primary N) is 1. The van der Waals surface area contributed by atoms with E-state index in [1.54, 1.807) is 11.0 Å². The van der Waals surface area contributed by atoms with Gasteiger partial charge in [-0.15, -0.1) is 0 Å². The molecule has 8 heteroatoms. The van der Waals surface area contributed by atoms with Gasteiger partial charge in [0, 0.05) is 30.1 Å². The van der Waals surface area contributed by atoms with Crippen LogP contribution in [-0.2, 0) is 9.59 Å². The number of thiophene rings is 1. The summed E-state index contributed by atoms with van der Waals surface area (Å²) in [5.74, 6) is -0.466. The van der Waals surface area contributed by atoms with E-state index < -0.39 is 6.04 Å². The zero-order valence-electron chi connectivity index (χ0n) is 14.7. The molecule has 0 radical (unpaired) electrons. The predicted molar refractivity (Wildman–Crippen MR) is 97.2 cm³/mol. The maximum absolute atomic E-state index is 12.2. The van der Waals surface area contributed by atoms with Crippen molar-refractivity contribution in [2.45, 2.75) is 38.8 Å². The van der Waals surface area contributed by atoms with Crippen molar-refractivity contribution < 1.29 is 14.4 Å². The Labute approximate surface area is 151 Å². The summed E-state index contributed by atoms with van der Waals surface area (Å²) in [6.45, 7) is 4.83. The summed E-state index contributed by atoms with van der Waals surface area (Å²) in [6.07, 6.45) is 1.42. The van der Waals surface area contributed by atoms with Gasteiger partial charge in [0.15, 0.2) is 0 Å². The van der Waals surface area contributed by atoms with E-state index in [0.717, 1.165) is 0 Å². The first-order valence-electron chi connectivity index (χ1n) is 8.52. The van der Waals surface area contributed by atoms with Gasteiger partial charge in [0.25, 0.3) is 5.91 Å². The Morgan fingerprint density at radius 3 is 2.56 bits per heavy atom. The minimum Gasteiger partial charge on any atom is -0.349 e. The molecule has 1 aliphatic rings. The fraction of sp³-hybridized carbons (Fsp3) is 0.588. The molecule has 3 amide bonds. The second kappa shape index (κ2) is 8.96. The van der Waals surface area contributed by atoms with Gasteiger partial charge in [0.2, 0.25) is 11.8 Å². The maximum atomic E-state index is 12.2. The smallest absolute Gasteiger partial charge is 0.252 e. The van der Waals surface area contributed by atoms with Gasteiger partial charge in [0.1, 0.15) is 0 Å². The first kappa shape index (κ1) is 19.4. The number of carbonyl (C=O) groups is 3. The summed E-state index contributed by atoms with van der Waals surface area (Å²) in [5.41, 5.74) is 6.43. The first-order valence-corrected chi connectivity index (χ1v) is 9.47. The van der Waals surface area contributed by atoms with Gasteiger partial charge in [-0.2, -0.15) is 11.3 Å². The lowest BCUT2D eigenvalue weighted by atomic mass is 10.0. The van der Waals surface area contributed by atoms with Crippen molar-refractivity contribution in [1.82, 2.24) is 15.5 Å². The lowest BCUT2D eigenvalue weighted by molar-refractivity contribution is -0.134. The van der Waals surface area contributed by atoms with Crippen LogP contribution in [0, 0.1) is 5.92 Å². The molecule has 1 aromatic rings. The minimum atomic E-state index is -0.606. The Morgan fingerprint density at radius 2 is 2.00 bits per heavy atom. The van der Waals surface area contributed by atoms with Gasteiger partial charge >= 0.3 is 0 Å². The van der Waals surface area contributed by atoms with Crippen molar-refractivity contribution in [3.05, 3.63) is 22.4 Å². The average Bonchev–Trinajstić information content (AvgIpc) is 3.14. The summed E-state index contributed by atoms with van der Waals surface area (Å²) in [6, 6.07) is 1.26. The molecule has 1 aliphatic heterocycles. The Hall–Kier alpha value is -1.93. The molecule has 4 N–H and O–H groups in total. The van der Waals surface area contributed by atoms with Crippen LogP contribution < -0.4 is 16.4 Å². The molecule has 0 aliphatic carbocycles. The number of piperidine rings is 1. The van der Waals surface area contributed by atoms with Crippen LogP contribution in [0.3, 0.4) is 0 Å². The summed E-state index contributed by atoms with van der Waals surface area (Å²) < 4.78 is 0. The summed E-state index contributed by atoms with van der Waals surface area (Å²) in [7, 11) is 0. The molecule has 25 heavy (non-hydrogen) atoms. The van der Waals surface area contributed by atoms with E-state index in [4.69, 9.17) is 5.73 Å². The monoisotopic (exact) mass is 366 g/mol. The molecule has 1 aromatic heterocycles. The van der Waals surface area contributed by atoms with E-state index in [9.17, 15) is 14.4 Å². The van der Waals surface area contributed by atoms with E-state index in [-0.39, 0.29) is 36.2 Å².